The number of alkyl halides is 3. The number of hydrogen-bond donors (Lipinski definition) is 1. The number of halogens is 3. The summed E-state index contributed by atoms with van der Waals surface area (Å²) < 4.78 is 40.5. The Bertz CT molecular complexity index is 1150. The van der Waals surface area contributed by atoms with Crippen molar-refractivity contribution in [1.29, 1.82) is 5.26 Å². The van der Waals surface area contributed by atoms with Crippen LogP contribution >= 0.6 is 0 Å². The zero-order chi connectivity index (χ0) is 21.0. The monoisotopic (exact) mass is 395 g/mol. The van der Waals surface area contributed by atoms with Gasteiger partial charge in [-0.05, 0) is 30.3 Å². The fourth-order valence-corrected chi connectivity index (χ4v) is 2.96. The number of benzene rings is 2. The minimum Gasteiger partial charge on any atom is -0.343 e. The van der Waals surface area contributed by atoms with E-state index < -0.39 is 17.6 Å². The number of amides is 1. The number of aromatic nitrogens is 1. The Balaban J connectivity index is 1.93. The average molecular weight is 395 g/mol. The van der Waals surface area contributed by atoms with E-state index in [0.29, 0.717) is 12.1 Å². The van der Waals surface area contributed by atoms with Crippen LogP contribution in [0.2, 0.25) is 0 Å². The highest BCUT2D eigenvalue weighted by Crippen LogP contribution is 2.31. The van der Waals surface area contributed by atoms with Crippen LogP contribution in [0.1, 0.15) is 11.1 Å². The first-order valence-electron chi connectivity index (χ1n) is 8.62. The highest BCUT2D eigenvalue weighted by molar-refractivity contribution is 6.10. The summed E-state index contributed by atoms with van der Waals surface area (Å²) in [5, 5.41) is 12.6. The molecule has 3 rings (SSSR count). The van der Waals surface area contributed by atoms with E-state index in [2.05, 4.69) is 11.9 Å². The van der Waals surface area contributed by atoms with E-state index in [9.17, 15) is 23.2 Å². The number of nitrogens with zero attached hydrogens (tertiary/aromatic N) is 2. The predicted molar refractivity (Wildman–Crippen MR) is 106 cm³/mol. The number of carbonyl (C=O) groups excluding carboxylic acids is 1. The van der Waals surface area contributed by atoms with Gasteiger partial charge in [0, 0.05) is 34.9 Å². The molecule has 1 N–H and O–H groups in total. The number of nitriles is 1. The molecule has 0 aliphatic rings. The Morgan fingerprint density at radius 1 is 1.21 bits per heavy atom. The summed E-state index contributed by atoms with van der Waals surface area (Å²) in [6.45, 7) is 4.26. The fourth-order valence-electron chi connectivity index (χ4n) is 2.96. The molecule has 0 atom stereocenters. The minimum atomic E-state index is -4.53. The van der Waals surface area contributed by atoms with Crippen LogP contribution in [0.5, 0.6) is 0 Å². The maximum atomic E-state index is 12.8. The molecule has 0 saturated carbocycles. The lowest BCUT2D eigenvalue weighted by atomic mass is 10.1. The van der Waals surface area contributed by atoms with Crippen molar-refractivity contribution >= 4 is 28.6 Å². The molecule has 1 aromatic heterocycles. The molecule has 1 heterocycles. The number of hydrogen-bond acceptors (Lipinski definition) is 2. The third-order valence-corrected chi connectivity index (χ3v) is 4.26. The molecular formula is C22H16F3N3O. The smallest absolute Gasteiger partial charge is 0.343 e. The molecule has 0 bridgehead atoms. The van der Waals surface area contributed by atoms with E-state index in [1.165, 1.54) is 18.2 Å². The molecule has 0 spiro atoms. The summed E-state index contributed by atoms with van der Waals surface area (Å²) in [5.41, 5.74) is 0.418. The van der Waals surface area contributed by atoms with Gasteiger partial charge in [-0.25, -0.2) is 0 Å². The first-order valence-corrected chi connectivity index (χ1v) is 8.62. The normalized spacial score (nSPS) is 11.9. The summed E-state index contributed by atoms with van der Waals surface area (Å²) in [6.07, 6.45) is 0.416. The van der Waals surface area contributed by atoms with Crippen molar-refractivity contribution in [1.82, 2.24) is 4.57 Å². The number of carbonyl (C=O) groups is 1. The Morgan fingerprint density at radius 3 is 2.66 bits per heavy atom. The van der Waals surface area contributed by atoms with Gasteiger partial charge in [-0.3, -0.25) is 4.79 Å². The first-order chi connectivity index (χ1) is 13.8. The SMILES string of the molecule is C=CCn1cc(/C=C(/C#N)C(=O)Nc2cccc(C(F)(F)F)c2)c2ccccc21. The van der Waals surface area contributed by atoms with Gasteiger partial charge < -0.3 is 9.88 Å². The molecule has 4 nitrogen and oxygen atoms in total. The standard InChI is InChI=1S/C22H16F3N3O/c1-2-10-28-14-16(19-8-3-4-9-20(19)28)11-15(13-26)21(29)27-18-7-5-6-17(12-18)22(23,24)25/h2-9,11-12,14H,1,10H2,(H,27,29)/b15-11-. The van der Waals surface area contributed by atoms with Crippen LogP contribution in [0, 0.1) is 11.3 Å². The quantitative estimate of drug-likeness (QED) is 0.358. The van der Waals surface area contributed by atoms with Crippen LogP contribution in [0.3, 0.4) is 0 Å². The number of anilines is 1. The van der Waals surface area contributed by atoms with E-state index in [1.807, 2.05) is 34.9 Å². The molecule has 0 fully saturated rings. The van der Waals surface area contributed by atoms with Gasteiger partial charge in [0.1, 0.15) is 11.6 Å². The summed E-state index contributed by atoms with van der Waals surface area (Å²) in [5.74, 6) is -0.785. The second-order valence-corrected chi connectivity index (χ2v) is 6.25. The van der Waals surface area contributed by atoms with Gasteiger partial charge in [0.05, 0.1) is 5.56 Å². The van der Waals surface area contributed by atoms with Crippen molar-refractivity contribution in [3.63, 3.8) is 0 Å². The molecule has 0 aliphatic carbocycles. The minimum absolute atomic E-state index is 0.0416. The van der Waals surface area contributed by atoms with Gasteiger partial charge >= 0.3 is 6.18 Å². The topological polar surface area (TPSA) is 57.8 Å². The van der Waals surface area contributed by atoms with Crippen molar-refractivity contribution in [2.24, 2.45) is 0 Å². The third-order valence-electron chi connectivity index (χ3n) is 4.26. The summed E-state index contributed by atoms with van der Waals surface area (Å²) in [4.78, 5) is 12.5. The lowest BCUT2D eigenvalue weighted by molar-refractivity contribution is -0.137. The van der Waals surface area contributed by atoms with Gasteiger partial charge in [0.25, 0.3) is 5.91 Å². The fraction of sp³-hybridized carbons (Fsp3) is 0.0909. The lowest BCUT2D eigenvalue weighted by Crippen LogP contribution is -2.14. The van der Waals surface area contributed by atoms with Gasteiger partial charge in [-0.2, -0.15) is 18.4 Å². The first kappa shape index (κ1) is 20.0. The maximum Gasteiger partial charge on any atom is 0.416 e. The van der Waals surface area contributed by atoms with Crippen LogP contribution in [0.4, 0.5) is 18.9 Å². The van der Waals surface area contributed by atoms with Gasteiger partial charge in [0.2, 0.25) is 0 Å². The molecule has 2 aromatic carbocycles. The second kappa shape index (κ2) is 8.07. The molecule has 29 heavy (non-hydrogen) atoms. The highest BCUT2D eigenvalue weighted by atomic mass is 19.4. The van der Waals surface area contributed by atoms with Gasteiger partial charge in [-0.15, -0.1) is 6.58 Å². The van der Waals surface area contributed by atoms with Crippen LogP contribution in [-0.4, -0.2) is 10.5 Å². The van der Waals surface area contributed by atoms with Crippen molar-refractivity contribution in [2.75, 3.05) is 5.32 Å². The number of rotatable bonds is 5. The van der Waals surface area contributed by atoms with Gasteiger partial charge in [-0.1, -0.05) is 30.3 Å². The number of fused-ring (bicyclic) bond motifs is 1. The Kier molecular flexibility index (Phi) is 5.55. The molecule has 3 aromatic rings. The summed E-state index contributed by atoms with van der Waals surface area (Å²) in [6, 6.07) is 13.6. The van der Waals surface area contributed by atoms with E-state index >= 15 is 0 Å². The van der Waals surface area contributed by atoms with Crippen molar-refractivity contribution < 1.29 is 18.0 Å². The van der Waals surface area contributed by atoms with Crippen LogP contribution in [0.15, 0.2) is 73.0 Å². The van der Waals surface area contributed by atoms with E-state index in [-0.39, 0.29) is 11.3 Å². The second-order valence-electron chi connectivity index (χ2n) is 6.25. The van der Waals surface area contributed by atoms with E-state index in [0.717, 1.165) is 23.0 Å². The summed E-state index contributed by atoms with van der Waals surface area (Å²) >= 11 is 0. The molecular weight excluding hydrogens is 379 g/mol. The number of para-hydroxylation sites is 1. The molecule has 7 heteroatoms. The lowest BCUT2D eigenvalue weighted by Gasteiger charge is -2.09. The van der Waals surface area contributed by atoms with Crippen molar-refractivity contribution in [3.05, 3.63) is 84.1 Å². The Hall–Kier alpha value is -3.79. The molecule has 0 radical (unpaired) electrons. The molecule has 0 aliphatic heterocycles. The van der Waals surface area contributed by atoms with Crippen molar-refractivity contribution in [3.8, 4) is 6.07 Å². The molecule has 0 unspecified atom stereocenters. The zero-order valence-corrected chi connectivity index (χ0v) is 15.2. The molecule has 1 amide bonds. The van der Waals surface area contributed by atoms with Crippen LogP contribution in [-0.2, 0) is 17.5 Å². The van der Waals surface area contributed by atoms with Crippen molar-refractivity contribution in [2.45, 2.75) is 12.7 Å². The van der Waals surface area contributed by atoms with E-state index in [4.69, 9.17) is 0 Å². The Labute approximate surface area is 165 Å². The largest absolute Gasteiger partial charge is 0.416 e. The third kappa shape index (κ3) is 4.38. The number of allylic oxidation sites excluding steroid dienone is 1. The number of nitrogens with one attached hydrogen (secondary N) is 1. The molecule has 146 valence electrons. The average Bonchev–Trinajstić information content (AvgIpc) is 3.03. The maximum absolute atomic E-state index is 12.8. The zero-order valence-electron chi connectivity index (χ0n) is 15.2. The Morgan fingerprint density at radius 2 is 1.97 bits per heavy atom. The van der Waals surface area contributed by atoms with Crippen LogP contribution < -0.4 is 5.32 Å². The predicted octanol–water partition coefficient (Wildman–Crippen LogP) is 5.39. The molecule has 0 saturated heterocycles. The van der Waals surface area contributed by atoms with Crippen LogP contribution in [0.25, 0.3) is 17.0 Å². The van der Waals surface area contributed by atoms with Gasteiger partial charge in [0.15, 0.2) is 0 Å². The highest BCUT2D eigenvalue weighted by Gasteiger charge is 2.30. The van der Waals surface area contributed by atoms with E-state index in [1.54, 1.807) is 12.3 Å². The summed E-state index contributed by atoms with van der Waals surface area (Å²) in [7, 11) is 0.